The number of nitrogens with zero attached hydrogens (tertiary/aromatic N) is 4. The number of fused-ring (bicyclic) bond motifs is 3. The molecule has 3 heterocycles. The summed E-state index contributed by atoms with van der Waals surface area (Å²) >= 11 is 1.68. The van der Waals surface area contributed by atoms with Crippen LogP contribution in [0, 0.1) is 11.3 Å². The molecule has 2 aromatic carbocycles. The Morgan fingerprint density at radius 1 is 1.15 bits per heavy atom. The lowest BCUT2D eigenvalue weighted by atomic mass is 9.75. The van der Waals surface area contributed by atoms with Gasteiger partial charge in [0.15, 0.2) is 11.5 Å². The summed E-state index contributed by atoms with van der Waals surface area (Å²) in [5.74, 6) is 0.587. The zero-order chi connectivity index (χ0) is 22.8. The fourth-order valence-corrected chi connectivity index (χ4v) is 5.22. The third kappa shape index (κ3) is 4.17. The quantitative estimate of drug-likeness (QED) is 0.482. The highest BCUT2D eigenvalue weighted by Gasteiger charge is 2.34. The van der Waals surface area contributed by atoms with E-state index in [-0.39, 0.29) is 5.91 Å². The van der Waals surface area contributed by atoms with Crippen molar-refractivity contribution in [2.24, 2.45) is 0 Å². The van der Waals surface area contributed by atoms with Crippen molar-refractivity contribution >= 4 is 34.2 Å². The van der Waals surface area contributed by atoms with Gasteiger partial charge in [-0.25, -0.2) is 0 Å². The van der Waals surface area contributed by atoms with Crippen molar-refractivity contribution in [3.63, 3.8) is 0 Å². The van der Waals surface area contributed by atoms with E-state index in [1.54, 1.807) is 11.8 Å². The molecule has 0 spiro atoms. The van der Waals surface area contributed by atoms with Gasteiger partial charge in [0, 0.05) is 29.9 Å². The second-order valence-electron chi connectivity index (χ2n) is 8.21. The van der Waals surface area contributed by atoms with Crippen LogP contribution in [0.4, 0.5) is 0 Å². The van der Waals surface area contributed by atoms with E-state index in [2.05, 4.69) is 58.0 Å². The number of pyridine rings is 1. The summed E-state index contributed by atoms with van der Waals surface area (Å²) in [5, 5.41) is 22.2. The predicted octanol–water partition coefficient (Wildman–Crippen LogP) is 4.24. The number of hydrogen-bond acceptors (Lipinski definition) is 6. The van der Waals surface area contributed by atoms with E-state index in [1.165, 1.54) is 6.92 Å². The molecule has 1 fully saturated rings. The first-order chi connectivity index (χ1) is 16.1. The average molecular weight is 458 g/mol. The Morgan fingerprint density at radius 2 is 1.97 bits per heavy atom. The van der Waals surface area contributed by atoms with Crippen LogP contribution in [-0.4, -0.2) is 33.7 Å². The van der Waals surface area contributed by atoms with E-state index in [0.717, 1.165) is 44.7 Å². The number of benzene rings is 2. The van der Waals surface area contributed by atoms with E-state index < -0.39 is 5.41 Å². The van der Waals surface area contributed by atoms with Gasteiger partial charge in [-0.3, -0.25) is 9.20 Å². The number of carbonyl (C=O) groups excluding carboxylic acids is 1. The maximum absolute atomic E-state index is 11.3. The van der Waals surface area contributed by atoms with Gasteiger partial charge in [-0.1, -0.05) is 23.9 Å². The smallest absolute Gasteiger partial charge is 0.217 e. The van der Waals surface area contributed by atoms with E-state index in [1.807, 2.05) is 22.6 Å². The molecule has 1 saturated heterocycles. The van der Waals surface area contributed by atoms with Crippen LogP contribution in [0.1, 0.15) is 31.2 Å². The number of ether oxygens (including phenoxy) is 1. The molecule has 166 valence electrons. The Morgan fingerprint density at radius 3 is 2.76 bits per heavy atom. The summed E-state index contributed by atoms with van der Waals surface area (Å²) in [7, 11) is 0. The number of aromatic nitrogens is 3. The summed E-state index contributed by atoms with van der Waals surface area (Å²) in [6.45, 7) is 3.05. The Kier molecular flexibility index (Phi) is 5.75. The summed E-state index contributed by atoms with van der Waals surface area (Å²) in [6, 6.07) is 21.1. The fourth-order valence-electron chi connectivity index (χ4n) is 4.29. The van der Waals surface area contributed by atoms with Gasteiger partial charge in [-0.15, -0.1) is 10.2 Å². The third-order valence-corrected chi connectivity index (χ3v) is 7.06. The normalized spacial score (nSPS) is 15.4. The molecule has 33 heavy (non-hydrogen) atoms. The largest absolute Gasteiger partial charge is 0.381 e. The molecule has 1 N–H and O–H groups in total. The minimum Gasteiger partial charge on any atom is -0.381 e. The van der Waals surface area contributed by atoms with E-state index in [4.69, 9.17) is 4.74 Å². The molecule has 0 bridgehead atoms. The van der Waals surface area contributed by atoms with Crippen LogP contribution in [0.5, 0.6) is 0 Å². The second-order valence-corrected chi connectivity index (χ2v) is 9.36. The standard InChI is InChI=1S/C25H23N5O2S/c1-17(31)27-15-24-29-28-23-8-5-18-13-21(6-7-22(18)30(23)24)33-20-4-2-3-19(14-20)25(16-26)9-11-32-12-10-25/h2-8,13-14H,9-12,15H2,1H3,(H,27,31). The monoisotopic (exact) mass is 457 g/mol. The van der Waals surface area contributed by atoms with Crippen molar-refractivity contribution < 1.29 is 9.53 Å². The predicted molar refractivity (Wildman–Crippen MR) is 126 cm³/mol. The lowest BCUT2D eigenvalue weighted by Crippen LogP contribution is -2.32. The van der Waals surface area contributed by atoms with Gasteiger partial charge in [0.1, 0.15) is 0 Å². The molecule has 0 atom stereocenters. The average Bonchev–Trinajstić information content (AvgIpc) is 3.27. The van der Waals surface area contributed by atoms with Crippen molar-refractivity contribution in [2.75, 3.05) is 13.2 Å². The zero-order valence-corrected chi connectivity index (χ0v) is 19.1. The first-order valence-electron chi connectivity index (χ1n) is 10.9. The lowest BCUT2D eigenvalue weighted by Gasteiger charge is -2.31. The fraction of sp³-hybridized carbons (Fsp3) is 0.280. The first kappa shape index (κ1) is 21.4. The second kappa shape index (κ2) is 8.85. The van der Waals surface area contributed by atoms with Crippen LogP contribution in [-0.2, 0) is 21.5 Å². The molecule has 5 rings (SSSR count). The van der Waals surface area contributed by atoms with Gasteiger partial charge >= 0.3 is 0 Å². The number of amides is 1. The first-order valence-corrected chi connectivity index (χ1v) is 11.7. The Hall–Kier alpha value is -3.41. The van der Waals surface area contributed by atoms with Crippen molar-refractivity contribution in [3.8, 4) is 6.07 Å². The highest BCUT2D eigenvalue weighted by atomic mass is 32.2. The van der Waals surface area contributed by atoms with Crippen molar-refractivity contribution in [1.29, 1.82) is 5.26 Å². The van der Waals surface area contributed by atoms with Crippen molar-refractivity contribution in [2.45, 2.75) is 41.5 Å². The topological polar surface area (TPSA) is 92.3 Å². The van der Waals surface area contributed by atoms with Gasteiger partial charge in [0.2, 0.25) is 5.91 Å². The van der Waals surface area contributed by atoms with Crippen LogP contribution < -0.4 is 5.32 Å². The molecular formula is C25H23N5O2S. The molecule has 2 aromatic heterocycles. The van der Waals surface area contributed by atoms with Crippen LogP contribution in [0.3, 0.4) is 0 Å². The van der Waals surface area contributed by atoms with E-state index in [0.29, 0.717) is 25.6 Å². The molecule has 4 aromatic rings. The zero-order valence-electron chi connectivity index (χ0n) is 18.2. The van der Waals surface area contributed by atoms with Gasteiger partial charge in [0.25, 0.3) is 0 Å². The van der Waals surface area contributed by atoms with Crippen LogP contribution in [0.2, 0.25) is 0 Å². The molecule has 1 amide bonds. The maximum atomic E-state index is 11.3. The molecule has 8 heteroatoms. The van der Waals surface area contributed by atoms with Gasteiger partial charge in [0.05, 0.1) is 23.5 Å². The molecule has 7 nitrogen and oxygen atoms in total. The Labute approximate surface area is 195 Å². The van der Waals surface area contributed by atoms with Crippen LogP contribution in [0.15, 0.2) is 64.4 Å². The minimum absolute atomic E-state index is 0.105. The SMILES string of the molecule is CC(=O)NCc1nnc2ccc3cc(Sc4cccc(C5(C#N)CCOCC5)c4)ccc3n12. The highest BCUT2D eigenvalue weighted by Crippen LogP contribution is 2.37. The highest BCUT2D eigenvalue weighted by molar-refractivity contribution is 7.99. The Balaban J connectivity index is 1.45. The van der Waals surface area contributed by atoms with Gasteiger partial charge in [-0.2, -0.15) is 5.26 Å². The molecule has 0 aliphatic carbocycles. The summed E-state index contributed by atoms with van der Waals surface area (Å²) in [5.41, 5.74) is 2.33. The van der Waals surface area contributed by atoms with Crippen LogP contribution in [0.25, 0.3) is 16.6 Å². The van der Waals surface area contributed by atoms with E-state index in [9.17, 15) is 10.1 Å². The minimum atomic E-state index is -0.470. The number of nitrogens with one attached hydrogen (secondary N) is 1. The molecule has 1 aliphatic heterocycles. The molecule has 1 aliphatic rings. The third-order valence-electron chi connectivity index (χ3n) is 6.09. The summed E-state index contributed by atoms with van der Waals surface area (Å²) in [6.07, 6.45) is 1.45. The van der Waals surface area contributed by atoms with Crippen LogP contribution >= 0.6 is 11.8 Å². The Bertz CT molecular complexity index is 1380. The van der Waals surface area contributed by atoms with Crippen molar-refractivity contribution in [3.05, 3.63) is 66.0 Å². The van der Waals surface area contributed by atoms with Crippen molar-refractivity contribution in [1.82, 2.24) is 19.9 Å². The maximum Gasteiger partial charge on any atom is 0.217 e. The number of nitriles is 1. The number of hydrogen-bond donors (Lipinski definition) is 1. The van der Waals surface area contributed by atoms with Gasteiger partial charge in [-0.05, 0) is 66.3 Å². The lowest BCUT2D eigenvalue weighted by molar-refractivity contribution is -0.119. The van der Waals surface area contributed by atoms with E-state index >= 15 is 0 Å². The van der Waals surface area contributed by atoms with Gasteiger partial charge < -0.3 is 10.1 Å². The molecule has 0 unspecified atom stereocenters. The number of carbonyl (C=O) groups is 1. The molecule has 0 saturated carbocycles. The molecule has 0 radical (unpaired) electrons. The summed E-state index contributed by atoms with van der Waals surface area (Å²) < 4.78 is 7.46. The number of rotatable bonds is 5. The summed E-state index contributed by atoms with van der Waals surface area (Å²) in [4.78, 5) is 13.5. The molecular weight excluding hydrogens is 434 g/mol.